The van der Waals surface area contributed by atoms with E-state index in [1.807, 2.05) is 47.1 Å². The number of hydrogen-bond donors (Lipinski definition) is 1. The van der Waals surface area contributed by atoms with Gasteiger partial charge in [0.25, 0.3) is 0 Å². The van der Waals surface area contributed by atoms with Crippen LogP contribution in [-0.4, -0.2) is 14.8 Å². The maximum absolute atomic E-state index is 6.96. The Kier molecular flexibility index (Phi) is 3.63. The summed E-state index contributed by atoms with van der Waals surface area (Å²) in [7, 11) is 0. The number of aromatic amines is 1. The highest BCUT2D eigenvalue weighted by Gasteiger charge is 2.05. The van der Waals surface area contributed by atoms with E-state index in [1.54, 1.807) is 12.1 Å². The summed E-state index contributed by atoms with van der Waals surface area (Å²) >= 11 is 5.29. The van der Waals surface area contributed by atoms with Crippen LogP contribution in [0.2, 0.25) is 0 Å². The Morgan fingerprint density at radius 3 is 2.48 bits per heavy atom. The number of benzene rings is 2. The Morgan fingerprint density at radius 1 is 1.10 bits per heavy atom. The van der Waals surface area contributed by atoms with Gasteiger partial charge in [-0.1, -0.05) is 54.6 Å². The second-order valence-corrected chi connectivity index (χ2v) is 4.95. The maximum atomic E-state index is 6.96. The quantitative estimate of drug-likeness (QED) is 0.580. The molecular formula is C16H12N4S. The number of nitrogens with one attached hydrogen (secondary N) is 1. The highest BCUT2D eigenvalue weighted by atomic mass is 32.1. The van der Waals surface area contributed by atoms with E-state index in [0.29, 0.717) is 22.8 Å². The standard InChI is InChI=1S/C16H12N4S/c1-17-14-9-7-13(8-10-14)15-18-16(21)20(19-15)11-12-5-3-2-4-6-12/h2-10H,11H2,(H,18,19,21). The van der Waals surface area contributed by atoms with Crippen molar-refractivity contribution < 1.29 is 0 Å². The Morgan fingerprint density at radius 2 is 1.81 bits per heavy atom. The monoisotopic (exact) mass is 292 g/mol. The normalized spacial score (nSPS) is 10.2. The van der Waals surface area contributed by atoms with Crippen molar-refractivity contribution in [2.24, 2.45) is 0 Å². The summed E-state index contributed by atoms with van der Waals surface area (Å²) in [6, 6.07) is 17.4. The zero-order chi connectivity index (χ0) is 14.7. The van der Waals surface area contributed by atoms with Gasteiger partial charge >= 0.3 is 0 Å². The number of hydrogen-bond acceptors (Lipinski definition) is 2. The van der Waals surface area contributed by atoms with Gasteiger partial charge in [-0.3, -0.25) is 9.78 Å². The van der Waals surface area contributed by atoms with E-state index in [9.17, 15) is 0 Å². The van der Waals surface area contributed by atoms with Crippen molar-refractivity contribution >= 4 is 17.9 Å². The molecule has 102 valence electrons. The van der Waals surface area contributed by atoms with E-state index in [1.165, 1.54) is 0 Å². The molecule has 1 N–H and O–H groups in total. The minimum absolute atomic E-state index is 0.517. The van der Waals surface area contributed by atoms with E-state index >= 15 is 0 Å². The van der Waals surface area contributed by atoms with Crippen molar-refractivity contribution in [1.29, 1.82) is 0 Å². The van der Waals surface area contributed by atoms with Crippen LogP contribution in [0.5, 0.6) is 0 Å². The van der Waals surface area contributed by atoms with Gasteiger partial charge in [0.05, 0.1) is 13.1 Å². The second-order valence-electron chi connectivity index (χ2n) is 4.59. The van der Waals surface area contributed by atoms with Crippen LogP contribution in [0.25, 0.3) is 16.2 Å². The van der Waals surface area contributed by atoms with Gasteiger partial charge in [-0.2, -0.15) is 4.98 Å². The third-order valence-corrected chi connectivity index (χ3v) is 3.44. The van der Waals surface area contributed by atoms with Crippen molar-refractivity contribution in [1.82, 2.24) is 14.8 Å². The lowest BCUT2D eigenvalue weighted by Crippen LogP contribution is -2.01. The number of rotatable bonds is 3. The number of H-pyrrole nitrogens is 1. The van der Waals surface area contributed by atoms with Crippen LogP contribution in [0.15, 0.2) is 54.6 Å². The Labute approximate surface area is 127 Å². The maximum Gasteiger partial charge on any atom is 0.216 e. The fourth-order valence-electron chi connectivity index (χ4n) is 2.05. The SMILES string of the molecule is [C-]#[N+]c1ccc(-c2nc(=S)n(Cc3ccccc3)[nH]2)cc1. The molecule has 0 radical (unpaired) electrons. The van der Waals surface area contributed by atoms with Crippen molar-refractivity contribution in [2.75, 3.05) is 0 Å². The average molecular weight is 292 g/mol. The molecule has 0 saturated carbocycles. The highest BCUT2D eigenvalue weighted by Crippen LogP contribution is 2.19. The first kappa shape index (κ1) is 13.3. The zero-order valence-corrected chi connectivity index (χ0v) is 12.0. The molecule has 1 heterocycles. The molecule has 0 aliphatic heterocycles. The summed E-state index contributed by atoms with van der Waals surface area (Å²) in [5.74, 6) is 0.715. The first-order valence-corrected chi connectivity index (χ1v) is 6.86. The largest absolute Gasteiger partial charge is 0.279 e. The minimum atomic E-state index is 0.517. The summed E-state index contributed by atoms with van der Waals surface area (Å²) in [4.78, 5) is 7.75. The predicted molar refractivity (Wildman–Crippen MR) is 84.7 cm³/mol. The van der Waals surface area contributed by atoms with Gasteiger partial charge in [-0.05, 0) is 17.8 Å². The van der Waals surface area contributed by atoms with Gasteiger partial charge in [0.1, 0.15) is 0 Å². The van der Waals surface area contributed by atoms with E-state index < -0.39 is 0 Å². The Hall–Kier alpha value is -2.71. The number of aromatic nitrogens is 3. The molecule has 4 nitrogen and oxygen atoms in total. The van der Waals surface area contributed by atoms with Gasteiger partial charge in [0.15, 0.2) is 11.5 Å². The van der Waals surface area contributed by atoms with Crippen LogP contribution in [0.1, 0.15) is 5.56 Å². The first-order chi connectivity index (χ1) is 10.3. The molecule has 3 rings (SSSR count). The zero-order valence-electron chi connectivity index (χ0n) is 11.2. The molecule has 0 atom stereocenters. The molecule has 0 amide bonds. The molecular weight excluding hydrogens is 280 g/mol. The van der Waals surface area contributed by atoms with E-state index in [0.717, 1.165) is 11.1 Å². The number of nitrogens with zero attached hydrogens (tertiary/aromatic N) is 3. The third-order valence-electron chi connectivity index (χ3n) is 3.13. The lowest BCUT2D eigenvalue weighted by Gasteiger charge is -2.02. The molecule has 0 bridgehead atoms. The molecule has 0 aliphatic carbocycles. The molecule has 5 heteroatoms. The molecule has 0 unspecified atom stereocenters. The van der Waals surface area contributed by atoms with Gasteiger partial charge in [-0.25, -0.2) is 4.85 Å². The predicted octanol–water partition coefficient (Wildman–Crippen LogP) is 4.21. The molecule has 3 aromatic rings. The second kappa shape index (κ2) is 5.73. The Bertz CT molecular complexity index is 838. The van der Waals surface area contributed by atoms with Gasteiger partial charge in [0.2, 0.25) is 4.77 Å². The van der Waals surface area contributed by atoms with Crippen molar-refractivity contribution in [3.8, 4) is 11.4 Å². The van der Waals surface area contributed by atoms with Crippen molar-refractivity contribution in [3.63, 3.8) is 0 Å². The fourth-order valence-corrected chi connectivity index (χ4v) is 2.25. The summed E-state index contributed by atoms with van der Waals surface area (Å²) in [6.07, 6.45) is 0. The van der Waals surface area contributed by atoms with Gasteiger partial charge < -0.3 is 0 Å². The van der Waals surface area contributed by atoms with E-state index in [2.05, 4.69) is 14.9 Å². The molecule has 1 aromatic heterocycles. The summed E-state index contributed by atoms with van der Waals surface area (Å²) in [5.41, 5.74) is 2.69. The van der Waals surface area contributed by atoms with Crippen molar-refractivity contribution in [2.45, 2.75) is 6.54 Å². The molecule has 0 spiro atoms. The molecule has 21 heavy (non-hydrogen) atoms. The lowest BCUT2D eigenvalue weighted by atomic mass is 10.2. The van der Waals surface area contributed by atoms with Crippen LogP contribution in [-0.2, 0) is 6.54 Å². The molecule has 2 aromatic carbocycles. The van der Waals surface area contributed by atoms with Crippen LogP contribution in [0.4, 0.5) is 5.69 Å². The average Bonchev–Trinajstić information content (AvgIpc) is 2.89. The molecule has 0 fully saturated rings. The van der Waals surface area contributed by atoms with Crippen LogP contribution in [0.3, 0.4) is 0 Å². The third kappa shape index (κ3) is 2.91. The van der Waals surface area contributed by atoms with Crippen LogP contribution in [0, 0.1) is 11.3 Å². The summed E-state index contributed by atoms with van der Waals surface area (Å²) in [6.45, 7) is 7.62. The van der Waals surface area contributed by atoms with E-state index in [4.69, 9.17) is 18.8 Å². The van der Waals surface area contributed by atoms with Crippen molar-refractivity contribution in [3.05, 3.63) is 76.3 Å². The van der Waals surface area contributed by atoms with Crippen LogP contribution >= 0.6 is 12.2 Å². The lowest BCUT2D eigenvalue weighted by molar-refractivity contribution is 0.677. The van der Waals surface area contributed by atoms with Gasteiger partial charge in [0, 0.05) is 5.56 Å². The minimum Gasteiger partial charge on any atom is -0.279 e. The fraction of sp³-hybridized carbons (Fsp3) is 0.0625. The van der Waals surface area contributed by atoms with Gasteiger partial charge in [-0.15, -0.1) is 0 Å². The summed E-state index contributed by atoms with van der Waals surface area (Å²) in [5, 5.41) is 3.21. The Balaban J connectivity index is 1.90. The van der Waals surface area contributed by atoms with E-state index in [-0.39, 0.29) is 0 Å². The smallest absolute Gasteiger partial charge is 0.216 e. The first-order valence-electron chi connectivity index (χ1n) is 6.45. The summed E-state index contributed by atoms with van der Waals surface area (Å²) < 4.78 is 2.35. The molecule has 0 aliphatic rings. The van der Waals surface area contributed by atoms with Crippen LogP contribution < -0.4 is 0 Å². The highest BCUT2D eigenvalue weighted by molar-refractivity contribution is 7.71. The molecule has 0 saturated heterocycles. The topological polar surface area (TPSA) is 38.0 Å².